The second-order valence-corrected chi connectivity index (χ2v) is 9.19. The van der Waals surface area contributed by atoms with Crippen molar-refractivity contribution >= 4 is 17.4 Å². The second kappa shape index (κ2) is 10.9. The Morgan fingerprint density at radius 2 is 1.62 bits per heavy atom. The molecule has 32 heavy (non-hydrogen) atoms. The van der Waals surface area contributed by atoms with E-state index in [1.165, 1.54) is 0 Å². The number of halogens is 1. The molecule has 2 saturated heterocycles. The molecule has 1 N–H and O–H groups in total. The van der Waals surface area contributed by atoms with Crippen LogP contribution in [0.4, 0.5) is 5.82 Å². The average Bonchev–Trinajstić information content (AvgIpc) is 2.78. The number of aromatic nitrogens is 2. The monoisotopic (exact) mass is 459 g/mol. The zero-order chi connectivity index (χ0) is 22.5. The summed E-state index contributed by atoms with van der Waals surface area (Å²) in [6, 6.07) is 7.98. The van der Waals surface area contributed by atoms with Gasteiger partial charge in [-0.15, -0.1) is 0 Å². The highest BCUT2D eigenvalue weighted by Crippen LogP contribution is 2.27. The predicted molar refractivity (Wildman–Crippen MR) is 128 cm³/mol. The Labute approximate surface area is 196 Å². The van der Waals surface area contributed by atoms with Crippen LogP contribution in [0.3, 0.4) is 0 Å². The first kappa shape index (κ1) is 23.4. The maximum Gasteiger partial charge on any atom is 0.136 e. The van der Waals surface area contributed by atoms with Crippen LogP contribution in [-0.2, 0) is 11.2 Å². The molecule has 0 amide bonds. The van der Waals surface area contributed by atoms with E-state index in [1.54, 1.807) is 0 Å². The molecule has 0 unspecified atom stereocenters. The van der Waals surface area contributed by atoms with Crippen LogP contribution in [-0.4, -0.2) is 96.6 Å². The van der Waals surface area contributed by atoms with E-state index < -0.39 is 0 Å². The van der Waals surface area contributed by atoms with E-state index >= 15 is 0 Å². The minimum absolute atomic E-state index is 0.334. The summed E-state index contributed by atoms with van der Waals surface area (Å²) in [6.45, 7) is 12.4. The molecule has 2 fully saturated rings. The van der Waals surface area contributed by atoms with Gasteiger partial charge in [-0.3, -0.25) is 9.80 Å². The molecule has 7 nitrogen and oxygen atoms in total. The molecule has 1 aromatic carbocycles. The fourth-order valence-electron chi connectivity index (χ4n) is 4.60. The number of aliphatic hydroxyl groups is 1. The number of hydrogen-bond donors (Lipinski definition) is 1. The van der Waals surface area contributed by atoms with Crippen molar-refractivity contribution in [3.8, 4) is 0 Å². The minimum Gasteiger partial charge on any atom is -0.390 e. The first-order chi connectivity index (χ1) is 15.5. The summed E-state index contributed by atoms with van der Waals surface area (Å²) in [5, 5.41) is 11.3. The molecule has 1 aromatic heterocycles. The van der Waals surface area contributed by atoms with Gasteiger partial charge in [0.05, 0.1) is 19.3 Å². The Bertz CT molecular complexity index is 898. The van der Waals surface area contributed by atoms with E-state index in [2.05, 4.69) is 32.7 Å². The Morgan fingerprint density at radius 1 is 0.969 bits per heavy atom. The van der Waals surface area contributed by atoms with E-state index in [-0.39, 0.29) is 6.10 Å². The number of β-amino-alcohol motifs (C(OH)–C–C–N with tert-alkyl or cyclic N) is 1. The van der Waals surface area contributed by atoms with Crippen LogP contribution >= 0.6 is 11.6 Å². The highest BCUT2D eigenvalue weighted by molar-refractivity contribution is 6.31. The van der Waals surface area contributed by atoms with Crippen molar-refractivity contribution in [2.75, 3.05) is 70.5 Å². The highest BCUT2D eigenvalue weighted by atomic mass is 35.5. The van der Waals surface area contributed by atoms with Crippen LogP contribution in [0, 0.1) is 13.8 Å². The molecule has 3 heterocycles. The van der Waals surface area contributed by atoms with Crippen molar-refractivity contribution in [2.45, 2.75) is 26.4 Å². The van der Waals surface area contributed by atoms with E-state index in [0.717, 1.165) is 98.9 Å². The SMILES string of the molecule is Cc1nc(C)c(Cc2ccccc2Cl)c(N2CCN(C[C@@H](O)CN3CCOCC3)CC2)n1. The Balaban J connectivity index is 1.39. The molecule has 0 aliphatic carbocycles. The average molecular weight is 460 g/mol. The Hall–Kier alpha value is -1.77. The molecule has 174 valence electrons. The molecule has 8 heteroatoms. The number of aliphatic hydroxyl groups excluding tert-OH is 1. The van der Waals surface area contributed by atoms with Gasteiger partial charge in [0.2, 0.25) is 0 Å². The minimum atomic E-state index is -0.334. The number of hydrogen-bond acceptors (Lipinski definition) is 7. The van der Waals surface area contributed by atoms with Crippen molar-refractivity contribution in [2.24, 2.45) is 0 Å². The topological polar surface area (TPSA) is 65.0 Å². The third kappa shape index (κ3) is 5.97. The van der Waals surface area contributed by atoms with E-state index in [0.29, 0.717) is 6.54 Å². The number of ether oxygens (including phenoxy) is 1. The van der Waals surface area contributed by atoms with Crippen LogP contribution in [0.15, 0.2) is 24.3 Å². The summed E-state index contributed by atoms with van der Waals surface area (Å²) in [6.07, 6.45) is 0.388. The van der Waals surface area contributed by atoms with E-state index in [1.807, 2.05) is 25.1 Å². The standard InChI is InChI=1S/C24H34ClN5O2/c1-18-22(15-20-5-3-4-6-23(20)25)24(27-19(2)26-18)30-9-7-28(8-10-30)16-21(31)17-29-11-13-32-14-12-29/h3-6,21,31H,7-17H2,1-2H3/t21-/m1/s1. The predicted octanol–water partition coefficient (Wildman–Crippen LogP) is 2.15. The second-order valence-electron chi connectivity index (χ2n) is 8.78. The number of piperazine rings is 1. The lowest BCUT2D eigenvalue weighted by atomic mass is 10.0. The third-order valence-electron chi connectivity index (χ3n) is 6.34. The number of morpholine rings is 1. The van der Waals surface area contributed by atoms with Crippen LogP contribution in [0.25, 0.3) is 0 Å². The lowest BCUT2D eigenvalue weighted by Gasteiger charge is -2.38. The largest absolute Gasteiger partial charge is 0.390 e. The molecule has 0 spiro atoms. The van der Waals surface area contributed by atoms with Gasteiger partial charge in [0.25, 0.3) is 0 Å². The molecule has 0 bridgehead atoms. The zero-order valence-corrected chi connectivity index (χ0v) is 19.9. The third-order valence-corrected chi connectivity index (χ3v) is 6.71. The van der Waals surface area contributed by atoms with Gasteiger partial charge in [0.15, 0.2) is 0 Å². The Kier molecular flexibility index (Phi) is 7.97. The molecular formula is C24H34ClN5O2. The molecule has 0 saturated carbocycles. The van der Waals surface area contributed by atoms with Crippen molar-refractivity contribution in [3.63, 3.8) is 0 Å². The molecule has 1 atom stereocenters. The normalized spacial score (nSPS) is 19.3. The summed E-state index contributed by atoms with van der Waals surface area (Å²) in [5.74, 6) is 1.81. The number of nitrogens with zero attached hydrogens (tertiary/aromatic N) is 5. The number of benzene rings is 1. The van der Waals surface area contributed by atoms with Gasteiger partial charge in [-0.2, -0.15) is 0 Å². The number of anilines is 1. The fraction of sp³-hybridized carbons (Fsp3) is 0.583. The van der Waals surface area contributed by atoms with Gasteiger partial charge in [0, 0.05) is 75.1 Å². The molecule has 2 aliphatic heterocycles. The molecular weight excluding hydrogens is 426 g/mol. The Morgan fingerprint density at radius 3 is 2.31 bits per heavy atom. The summed E-state index contributed by atoms with van der Waals surface area (Å²) in [7, 11) is 0. The summed E-state index contributed by atoms with van der Waals surface area (Å²) in [4.78, 5) is 16.5. The fourth-order valence-corrected chi connectivity index (χ4v) is 4.80. The first-order valence-corrected chi connectivity index (χ1v) is 11.9. The summed E-state index contributed by atoms with van der Waals surface area (Å²) < 4.78 is 5.40. The molecule has 2 aliphatic rings. The van der Waals surface area contributed by atoms with Gasteiger partial charge in [-0.1, -0.05) is 29.8 Å². The maximum atomic E-state index is 10.6. The first-order valence-electron chi connectivity index (χ1n) is 11.5. The maximum absolute atomic E-state index is 10.6. The number of rotatable bonds is 7. The van der Waals surface area contributed by atoms with E-state index in [9.17, 15) is 5.11 Å². The lowest BCUT2D eigenvalue weighted by molar-refractivity contribution is 0.00655. The van der Waals surface area contributed by atoms with Crippen molar-refractivity contribution < 1.29 is 9.84 Å². The van der Waals surface area contributed by atoms with Crippen LogP contribution in [0.5, 0.6) is 0 Å². The van der Waals surface area contributed by atoms with Crippen molar-refractivity contribution in [1.82, 2.24) is 19.8 Å². The van der Waals surface area contributed by atoms with Crippen molar-refractivity contribution in [1.29, 1.82) is 0 Å². The lowest BCUT2D eigenvalue weighted by Crippen LogP contribution is -2.51. The number of aryl methyl sites for hydroxylation is 2. The highest BCUT2D eigenvalue weighted by Gasteiger charge is 2.24. The quantitative estimate of drug-likeness (QED) is 0.680. The van der Waals surface area contributed by atoms with Gasteiger partial charge >= 0.3 is 0 Å². The van der Waals surface area contributed by atoms with Gasteiger partial charge < -0.3 is 14.7 Å². The van der Waals surface area contributed by atoms with Crippen LogP contribution in [0.1, 0.15) is 22.6 Å². The van der Waals surface area contributed by atoms with E-state index in [4.69, 9.17) is 21.3 Å². The summed E-state index contributed by atoms with van der Waals surface area (Å²) in [5.41, 5.74) is 3.25. The van der Waals surface area contributed by atoms with Crippen LogP contribution < -0.4 is 4.90 Å². The van der Waals surface area contributed by atoms with Gasteiger partial charge in [-0.25, -0.2) is 9.97 Å². The molecule has 0 radical (unpaired) electrons. The molecule has 4 rings (SSSR count). The van der Waals surface area contributed by atoms with Crippen molar-refractivity contribution in [3.05, 3.63) is 51.9 Å². The van der Waals surface area contributed by atoms with Gasteiger partial charge in [0.1, 0.15) is 11.6 Å². The smallest absolute Gasteiger partial charge is 0.136 e. The zero-order valence-electron chi connectivity index (χ0n) is 19.1. The van der Waals surface area contributed by atoms with Gasteiger partial charge in [-0.05, 0) is 25.5 Å². The summed E-state index contributed by atoms with van der Waals surface area (Å²) >= 11 is 6.44. The molecule has 2 aromatic rings. The van der Waals surface area contributed by atoms with Crippen LogP contribution in [0.2, 0.25) is 5.02 Å².